The number of piperidine rings is 1. The Morgan fingerprint density at radius 3 is 2.55 bits per heavy atom. The summed E-state index contributed by atoms with van der Waals surface area (Å²) in [5.41, 5.74) is 1.64. The van der Waals surface area contributed by atoms with Crippen LogP contribution in [0.4, 0.5) is 0 Å². The number of carbonyl (C=O) groups excluding carboxylic acids is 3. The number of carboxylic acids is 1. The van der Waals surface area contributed by atoms with Gasteiger partial charge in [-0.1, -0.05) is 24.3 Å². The molecule has 3 aliphatic heterocycles. The highest BCUT2D eigenvalue weighted by molar-refractivity contribution is 7.09. The number of hydrogen-bond acceptors (Lipinski definition) is 7. The molecule has 220 valence electrons. The monoisotopic (exact) mass is 590 g/mol. The maximum Gasteiger partial charge on any atom is 0.326 e. The second-order valence-corrected chi connectivity index (χ2v) is 12.0. The number of rotatable bonds is 3. The van der Waals surface area contributed by atoms with Crippen molar-refractivity contribution in [2.75, 3.05) is 19.6 Å². The minimum Gasteiger partial charge on any atom is -0.480 e. The number of aromatic nitrogens is 1. The molecule has 1 atom stereocenters. The lowest BCUT2D eigenvalue weighted by atomic mass is 9.72. The van der Waals surface area contributed by atoms with Crippen molar-refractivity contribution in [3.8, 4) is 11.5 Å². The summed E-state index contributed by atoms with van der Waals surface area (Å²) < 4.78 is 6.07. The number of thiazole rings is 1. The van der Waals surface area contributed by atoms with Crippen LogP contribution in [0.3, 0.4) is 0 Å². The summed E-state index contributed by atoms with van der Waals surface area (Å²) in [7, 11) is 0. The summed E-state index contributed by atoms with van der Waals surface area (Å²) in [6.45, 7) is 2.84. The third-order valence-electron chi connectivity index (χ3n) is 7.86. The molecule has 4 heterocycles. The topological polar surface area (TPSA) is 138 Å². The highest BCUT2D eigenvalue weighted by Crippen LogP contribution is 2.37. The van der Waals surface area contributed by atoms with E-state index >= 15 is 0 Å². The van der Waals surface area contributed by atoms with Gasteiger partial charge in [0.15, 0.2) is 0 Å². The van der Waals surface area contributed by atoms with Crippen molar-refractivity contribution in [1.82, 2.24) is 20.5 Å². The third-order valence-corrected chi connectivity index (χ3v) is 8.69. The SMILES string of the molecule is Cc1nc(CC(=O)N2CCC3(CC2)Cc2cccc(c2)Oc2ccc(cc2)C[C@@H](C(=O)O)NC(=O)CCNC3=O)cs1. The lowest BCUT2D eigenvalue weighted by Crippen LogP contribution is -2.52. The van der Waals surface area contributed by atoms with Crippen molar-refractivity contribution in [2.45, 2.75) is 51.5 Å². The van der Waals surface area contributed by atoms with Crippen LogP contribution in [0.5, 0.6) is 11.5 Å². The van der Waals surface area contributed by atoms with Gasteiger partial charge in [-0.3, -0.25) is 14.4 Å². The molecule has 0 saturated carbocycles. The van der Waals surface area contributed by atoms with Gasteiger partial charge >= 0.3 is 5.97 Å². The Hall–Kier alpha value is -4.25. The third kappa shape index (κ3) is 7.14. The maximum absolute atomic E-state index is 13.7. The van der Waals surface area contributed by atoms with E-state index in [0.29, 0.717) is 43.9 Å². The molecule has 3 aromatic rings. The molecule has 3 amide bonds. The van der Waals surface area contributed by atoms with Crippen LogP contribution < -0.4 is 15.4 Å². The number of carboxylic acid groups (broad SMARTS) is 1. The first kappa shape index (κ1) is 29.2. The number of fused-ring (bicyclic) bond motifs is 9. The fourth-order valence-electron chi connectivity index (χ4n) is 5.54. The number of aliphatic carboxylic acids is 1. The molecule has 0 radical (unpaired) electrons. The largest absolute Gasteiger partial charge is 0.480 e. The molecule has 1 spiro atoms. The van der Waals surface area contributed by atoms with Gasteiger partial charge in [0.05, 0.1) is 22.5 Å². The molecule has 3 aliphatic rings. The van der Waals surface area contributed by atoms with E-state index in [9.17, 15) is 24.3 Å². The van der Waals surface area contributed by atoms with E-state index in [1.54, 1.807) is 29.2 Å². The Bertz CT molecular complexity index is 1460. The average molecular weight is 591 g/mol. The number of nitrogens with zero attached hydrogens (tertiary/aromatic N) is 2. The molecule has 1 saturated heterocycles. The molecule has 1 fully saturated rings. The lowest BCUT2D eigenvalue weighted by molar-refractivity contribution is -0.142. The van der Waals surface area contributed by atoms with E-state index in [0.717, 1.165) is 21.8 Å². The summed E-state index contributed by atoms with van der Waals surface area (Å²) in [4.78, 5) is 57.4. The van der Waals surface area contributed by atoms with Crippen molar-refractivity contribution in [3.63, 3.8) is 0 Å². The van der Waals surface area contributed by atoms with Gasteiger partial charge in [0.1, 0.15) is 17.5 Å². The van der Waals surface area contributed by atoms with E-state index < -0.39 is 23.3 Å². The van der Waals surface area contributed by atoms with Crippen LogP contribution in [0.1, 0.15) is 41.1 Å². The number of aryl methyl sites for hydroxylation is 1. The van der Waals surface area contributed by atoms with Crippen molar-refractivity contribution in [3.05, 3.63) is 75.7 Å². The van der Waals surface area contributed by atoms with Crippen LogP contribution in [0, 0.1) is 12.3 Å². The van der Waals surface area contributed by atoms with Crippen molar-refractivity contribution in [1.29, 1.82) is 0 Å². The molecule has 3 N–H and O–H groups in total. The zero-order chi connectivity index (χ0) is 29.7. The van der Waals surface area contributed by atoms with Crippen molar-refractivity contribution >= 4 is 35.0 Å². The standard InChI is InChI=1S/C31H34N4O6S/c1-20-33-23(19-42-20)17-28(37)35-13-10-31(11-14-35)18-22-3-2-4-25(15-22)41-24-7-5-21(6-8-24)16-26(29(38)39)34-27(36)9-12-32-30(31)40/h2-8,15,19,26H,9-14,16-18H2,1H3,(H,32,40)(H,34,36)(H,38,39)/t26-/m0/s1. The molecule has 42 heavy (non-hydrogen) atoms. The van der Waals surface area contributed by atoms with Gasteiger partial charge in [-0.2, -0.15) is 0 Å². The molecular formula is C31H34N4O6S. The maximum atomic E-state index is 13.7. The molecule has 4 bridgehead atoms. The zero-order valence-electron chi connectivity index (χ0n) is 23.4. The first-order valence-corrected chi connectivity index (χ1v) is 14.9. The van der Waals surface area contributed by atoms with Gasteiger partial charge in [-0.25, -0.2) is 9.78 Å². The number of carbonyl (C=O) groups is 4. The van der Waals surface area contributed by atoms with Crippen LogP contribution in [0.25, 0.3) is 0 Å². The highest BCUT2D eigenvalue weighted by Gasteiger charge is 2.42. The molecular weight excluding hydrogens is 556 g/mol. The molecule has 2 aromatic carbocycles. The van der Waals surface area contributed by atoms with Crippen molar-refractivity contribution < 1.29 is 29.0 Å². The number of nitrogens with one attached hydrogen (secondary N) is 2. The van der Waals surface area contributed by atoms with E-state index in [1.807, 2.05) is 36.6 Å². The summed E-state index contributed by atoms with van der Waals surface area (Å²) in [6, 6.07) is 13.6. The molecule has 0 unspecified atom stereocenters. The van der Waals surface area contributed by atoms with Crippen LogP contribution in [-0.4, -0.2) is 64.4 Å². The number of ether oxygens (including phenoxy) is 1. The summed E-state index contributed by atoms with van der Waals surface area (Å²) in [6.07, 6.45) is 1.65. The first-order chi connectivity index (χ1) is 20.2. The normalized spacial score (nSPS) is 19.3. The van der Waals surface area contributed by atoms with E-state index in [-0.39, 0.29) is 37.6 Å². The Balaban J connectivity index is 1.37. The van der Waals surface area contributed by atoms with Gasteiger partial charge in [0.25, 0.3) is 0 Å². The Morgan fingerprint density at radius 2 is 1.86 bits per heavy atom. The second kappa shape index (κ2) is 12.7. The number of likely N-dealkylation sites (tertiary alicyclic amines) is 1. The predicted octanol–water partition coefficient (Wildman–Crippen LogP) is 3.27. The minimum atomic E-state index is -1.14. The van der Waals surface area contributed by atoms with Gasteiger partial charge in [-0.15, -0.1) is 11.3 Å². The smallest absolute Gasteiger partial charge is 0.326 e. The molecule has 1 aromatic heterocycles. The average Bonchev–Trinajstić information content (AvgIpc) is 3.37. The van der Waals surface area contributed by atoms with Gasteiger partial charge in [-0.05, 0) is 61.6 Å². The van der Waals surface area contributed by atoms with Crippen LogP contribution in [0.15, 0.2) is 53.9 Å². The fraction of sp³-hybridized carbons (Fsp3) is 0.387. The number of hydrogen-bond donors (Lipinski definition) is 3. The first-order valence-electron chi connectivity index (χ1n) is 14.0. The summed E-state index contributed by atoms with van der Waals surface area (Å²) >= 11 is 1.51. The fourth-order valence-corrected chi connectivity index (χ4v) is 6.16. The molecule has 11 heteroatoms. The van der Waals surface area contributed by atoms with Crippen LogP contribution >= 0.6 is 11.3 Å². The highest BCUT2D eigenvalue weighted by atomic mass is 32.1. The van der Waals surface area contributed by atoms with Crippen molar-refractivity contribution in [2.24, 2.45) is 5.41 Å². The molecule has 6 rings (SSSR count). The predicted molar refractivity (Wildman–Crippen MR) is 156 cm³/mol. The summed E-state index contributed by atoms with van der Waals surface area (Å²) in [5.74, 6) is -0.579. The number of amides is 3. The van der Waals surface area contributed by atoms with E-state index in [2.05, 4.69) is 15.6 Å². The van der Waals surface area contributed by atoms with Gasteiger partial charge < -0.3 is 25.4 Å². The minimum absolute atomic E-state index is 0.0122. The van der Waals surface area contributed by atoms with E-state index in [4.69, 9.17) is 4.74 Å². The summed E-state index contributed by atoms with van der Waals surface area (Å²) in [5, 5.41) is 18.0. The number of benzene rings is 2. The second-order valence-electron chi connectivity index (χ2n) is 10.9. The zero-order valence-corrected chi connectivity index (χ0v) is 24.2. The quantitative estimate of drug-likeness (QED) is 0.426. The van der Waals surface area contributed by atoms with Gasteiger partial charge in [0, 0.05) is 37.9 Å². The Labute approximate surface area is 248 Å². The van der Waals surface area contributed by atoms with Crippen LogP contribution in [0.2, 0.25) is 0 Å². The molecule has 0 aliphatic carbocycles. The Kier molecular flexibility index (Phi) is 8.86. The van der Waals surface area contributed by atoms with Crippen LogP contribution in [-0.2, 0) is 38.4 Å². The lowest BCUT2D eigenvalue weighted by Gasteiger charge is -2.41. The van der Waals surface area contributed by atoms with Gasteiger partial charge in [0.2, 0.25) is 17.7 Å². The molecule has 10 nitrogen and oxygen atoms in total. The van der Waals surface area contributed by atoms with E-state index in [1.165, 1.54) is 11.3 Å². The Morgan fingerprint density at radius 1 is 1.10 bits per heavy atom.